The van der Waals surface area contributed by atoms with Crippen LogP contribution in [0.2, 0.25) is 0 Å². The first kappa shape index (κ1) is 27.3. The number of para-hydroxylation sites is 3. The van der Waals surface area contributed by atoms with E-state index in [0.29, 0.717) is 0 Å². The minimum absolute atomic E-state index is 1.15. The second kappa shape index (κ2) is 10.4. The second-order valence-corrected chi connectivity index (χ2v) is 13.3. The lowest BCUT2D eigenvalue weighted by Crippen LogP contribution is -2.01. The summed E-state index contributed by atoms with van der Waals surface area (Å²) in [5.41, 5.74) is 17.2. The zero-order valence-electron chi connectivity index (χ0n) is 27.2. The first-order valence-electron chi connectivity index (χ1n) is 17.3. The fourth-order valence-corrected chi connectivity index (χ4v) is 8.60. The van der Waals surface area contributed by atoms with Gasteiger partial charge in [0.05, 0.1) is 22.1 Å². The lowest BCUT2D eigenvalue weighted by molar-refractivity contribution is 1.15. The molecule has 0 N–H and O–H groups in total. The van der Waals surface area contributed by atoms with E-state index in [9.17, 15) is 0 Å². The van der Waals surface area contributed by atoms with Gasteiger partial charge in [-0.05, 0) is 80.9 Å². The van der Waals surface area contributed by atoms with Gasteiger partial charge < -0.3 is 9.13 Å². The van der Waals surface area contributed by atoms with Crippen LogP contribution in [0, 0.1) is 0 Å². The molecule has 0 radical (unpaired) electrons. The third kappa shape index (κ3) is 3.73. The van der Waals surface area contributed by atoms with Crippen molar-refractivity contribution in [1.29, 1.82) is 0 Å². The van der Waals surface area contributed by atoms with E-state index in [0.717, 1.165) is 11.4 Å². The van der Waals surface area contributed by atoms with Gasteiger partial charge >= 0.3 is 0 Å². The maximum absolute atomic E-state index is 2.51. The van der Waals surface area contributed by atoms with Crippen LogP contribution < -0.4 is 0 Å². The molecule has 232 valence electrons. The van der Waals surface area contributed by atoms with Gasteiger partial charge in [-0.3, -0.25) is 0 Å². The Hall–Kier alpha value is -6.64. The first-order chi connectivity index (χ1) is 24.8. The standard InChI is InChI=1S/C48H30N2/c1-2-14-31(15-3-1)49-45-24-12-10-22-40(45)42-28-29-43-41-23-11-13-25-46(41)50(48(43)47(42)49)32-26-27-39-37-20-7-6-18-35(37)33-16-4-5-17-34(33)36-19-8-9-21-38(36)44(39)30-32/h1-30H. The summed E-state index contributed by atoms with van der Waals surface area (Å²) in [4.78, 5) is 0. The average Bonchev–Trinajstić information content (AvgIpc) is 3.71. The fourth-order valence-electron chi connectivity index (χ4n) is 8.60. The van der Waals surface area contributed by atoms with Crippen LogP contribution in [0.4, 0.5) is 0 Å². The number of benzene rings is 8. The lowest BCUT2D eigenvalue weighted by Gasteiger charge is -2.24. The maximum atomic E-state index is 2.51. The zero-order chi connectivity index (χ0) is 32.8. The van der Waals surface area contributed by atoms with Gasteiger partial charge in [0.1, 0.15) is 0 Å². The van der Waals surface area contributed by atoms with Crippen molar-refractivity contribution in [2.45, 2.75) is 0 Å². The maximum Gasteiger partial charge on any atom is 0.0788 e. The largest absolute Gasteiger partial charge is 0.307 e. The monoisotopic (exact) mass is 634 g/mol. The molecule has 1 aliphatic carbocycles. The predicted molar refractivity (Wildman–Crippen MR) is 210 cm³/mol. The summed E-state index contributed by atoms with van der Waals surface area (Å²) in [6.45, 7) is 0. The molecule has 0 spiro atoms. The Morgan fingerprint density at radius 2 is 0.620 bits per heavy atom. The van der Waals surface area contributed by atoms with Gasteiger partial charge in [0.15, 0.2) is 0 Å². The van der Waals surface area contributed by atoms with Gasteiger partial charge in [-0.25, -0.2) is 0 Å². The average molecular weight is 635 g/mol. The van der Waals surface area contributed by atoms with Crippen LogP contribution in [0.5, 0.6) is 0 Å². The van der Waals surface area contributed by atoms with Crippen molar-refractivity contribution >= 4 is 43.6 Å². The minimum Gasteiger partial charge on any atom is -0.307 e. The Balaban J connectivity index is 1.30. The topological polar surface area (TPSA) is 9.86 Å². The van der Waals surface area contributed by atoms with Gasteiger partial charge in [0.25, 0.3) is 0 Å². The van der Waals surface area contributed by atoms with Gasteiger partial charge in [0.2, 0.25) is 0 Å². The molecule has 0 atom stereocenters. The van der Waals surface area contributed by atoms with Crippen molar-refractivity contribution in [1.82, 2.24) is 9.13 Å². The number of hydrogen-bond acceptors (Lipinski definition) is 0. The highest BCUT2D eigenvalue weighted by Crippen LogP contribution is 2.49. The molecule has 1 aliphatic rings. The van der Waals surface area contributed by atoms with Crippen LogP contribution >= 0.6 is 0 Å². The highest BCUT2D eigenvalue weighted by molar-refractivity contribution is 6.24. The van der Waals surface area contributed by atoms with Gasteiger partial charge in [-0.1, -0.05) is 146 Å². The van der Waals surface area contributed by atoms with Crippen LogP contribution in [0.1, 0.15) is 0 Å². The van der Waals surface area contributed by atoms with Crippen molar-refractivity contribution < 1.29 is 0 Å². The lowest BCUT2D eigenvalue weighted by atomic mass is 9.81. The van der Waals surface area contributed by atoms with Crippen LogP contribution in [0.3, 0.4) is 0 Å². The molecule has 50 heavy (non-hydrogen) atoms. The number of rotatable bonds is 2. The summed E-state index contributed by atoms with van der Waals surface area (Å²) in [6.07, 6.45) is 0. The highest BCUT2D eigenvalue weighted by atomic mass is 15.0. The molecule has 2 aromatic heterocycles. The summed E-state index contributed by atoms with van der Waals surface area (Å²) >= 11 is 0. The third-order valence-electron chi connectivity index (χ3n) is 10.7. The second-order valence-electron chi connectivity index (χ2n) is 13.3. The summed E-state index contributed by atoms with van der Waals surface area (Å²) in [6, 6.07) is 66.8. The number of hydrogen-bond donors (Lipinski definition) is 0. The molecule has 0 unspecified atom stereocenters. The Bertz CT molecular complexity index is 2970. The first-order valence-corrected chi connectivity index (χ1v) is 17.3. The van der Waals surface area contributed by atoms with E-state index in [1.165, 1.54) is 88.1 Å². The molecule has 2 heterocycles. The summed E-state index contributed by atoms with van der Waals surface area (Å²) in [7, 11) is 0. The molecule has 10 aromatic rings. The Morgan fingerprint density at radius 3 is 1.12 bits per heavy atom. The molecular formula is C48H30N2. The molecule has 2 heteroatoms. The van der Waals surface area contributed by atoms with Crippen LogP contribution in [-0.4, -0.2) is 9.13 Å². The van der Waals surface area contributed by atoms with Crippen molar-refractivity contribution in [3.8, 4) is 55.9 Å². The minimum atomic E-state index is 1.15. The molecule has 8 aromatic carbocycles. The Kier molecular flexibility index (Phi) is 5.70. The SMILES string of the molecule is c1ccc(-n2c3ccccc3c3ccc4c5ccccc5n(-c5ccc6c(c5)-c5ccccc5-c5ccccc5-c5ccccc5-6)c4c32)cc1. The third-order valence-corrected chi connectivity index (χ3v) is 10.7. The summed E-state index contributed by atoms with van der Waals surface area (Å²) < 4.78 is 4.96. The molecule has 2 nitrogen and oxygen atoms in total. The fraction of sp³-hybridized carbons (Fsp3) is 0. The van der Waals surface area contributed by atoms with E-state index < -0.39 is 0 Å². The van der Waals surface area contributed by atoms with E-state index in [1.54, 1.807) is 0 Å². The molecule has 0 saturated carbocycles. The van der Waals surface area contributed by atoms with Gasteiger partial charge in [-0.2, -0.15) is 0 Å². The summed E-state index contributed by atoms with van der Waals surface area (Å²) in [5, 5.41) is 5.01. The van der Waals surface area contributed by atoms with Crippen LogP contribution in [-0.2, 0) is 0 Å². The van der Waals surface area contributed by atoms with E-state index in [2.05, 4.69) is 191 Å². The molecule has 11 rings (SSSR count). The molecular weight excluding hydrogens is 605 g/mol. The quantitative estimate of drug-likeness (QED) is 0.179. The molecule has 0 fully saturated rings. The zero-order valence-corrected chi connectivity index (χ0v) is 27.2. The van der Waals surface area contributed by atoms with Crippen molar-refractivity contribution in [2.75, 3.05) is 0 Å². The van der Waals surface area contributed by atoms with E-state index in [-0.39, 0.29) is 0 Å². The predicted octanol–water partition coefficient (Wildman–Crippen LogP) is 12.9. The van der Waals surface area contributed by atoms with Crippen LogP contribution in [0.25, 0.3) is 99.5 Å². The van der Waals surface area contributed by atoms with Crippen molar-refractivity contribution in [3.63, 3.8) is 0 Å². The molecule has 0 saturated heterocycles. The molecule has 0 amide bonds. The number of nitrogens with zero attached hydrogens (tertiary/aromatic N) is 2. The van der Waals surface area contributed by atoms with Crippen molar-refractivity contribution in [3.05, 3.63) is 182 Å². The molecule has 0 aliphatic heterocycles. The highest BCUT2D eigenvalue weighted by Gasteiger charge is 2.24. The summed E-state index contributed by atoms with van der Waals surface area (Å²) in [5.74, 6) is 0. The Labute approximate surface area is 289 Å². The number of fused-ring (bicyclic) bond motifs is 15. The van der Waals surface area contributed by atoms with E-state index in [4.69, 9.17) is 0 Å². The number of aromatic nitrogens is 2. The van der Waals surface area contributed by atoms with Crippen molar-refractivity contribution in [2.24, 2.45) is 0 Å². The Morgan fingerprint density at radius 1 is 0.240 bits per heavy atom. The van der Waals surface area contributed by atoms with Gasteiger partial charge in [-0.15, -0.1) is 0 Å². The van der Waals surface area contributed by atoms with E-state index in [1.807, 2.05) is 0 Å². The van der Waals surface area contributed by atoms with E-state index >= 15 is 0 Å². The smallest absolute Gasteiger partial charge is 0.0788 e. The van der Waals surface area contributed by atoms with Crippen LogP contribution in [0.15, 0.2) is 182 Å². The molecule has 0 bridgehead atoms. The van der Waals surface area contributed by atoms with Gasteiger partial charge in [0, 0.05) is 32.9 Å². The normalized spacial score (nSPS) is 12.0.